The molecule has 23 heavy (non-hydrogen) atoms. The number of carbonyl (C=O) groups is 2. The molecule has 0 bridgehead atoms. The van der Waals surface area contributed by atoms with Gasteiger partial charge in [0.05, 0.1) is 12.1 Å². The summed E-state index contributed by atoms with van der Waals surface area (Å²) in [6, 6.07) is 12.4. The Morgan fingerprint density at radius 2 is 2.09 bits per heavy atom. The Morgan fingerprint density at radius 1 is 1.30 bits per heavy atom. The Hall–Kier alpha value is -2.53. The molecule has 2 amide bonds. The predicted molar refractivity (Wildman–Crippen MR) is 87.8 cm³/mol. The Balaban J connectivity index is 1.65. The summed E-state index contributed by atoms with van der Waals surface area (Å²) in [7, 11) is 1.52. The molecule has 0 unspecified atom stereocenters. The van der Waals surface area contributed by atoms with Crippen LogP contribution in [0.3, 0.4) is 0 Å². The molecule has 1 N–H and O–H groups in total. The van der Waals surface area contributed by atoms with E-state index in [4.69, 9.17) is 16.3 Å². The van der Waals surface area contributed by atoms with E-state index in [0.717, 1.165) is 5.56 Å². The first kappa shape index (κ1) is 15.4. The smallest absolute Gasteiger partial charge is 0.254 e. The van der Waals surface area contributed by atoms with Crippen LogP contribution in [-0.4, -0.2) is 30.4 Å². The maximum absolute atomic E-state index is 12.2. The molecule has 2 aromatic rings. The number of rotatable bonds is 4. The number of halogens is 1. The van der Waals surface area contributed by atoms with E-state index in [2.05, 4.69) is 5.32 Å². The van der Waals surface area contributed by atoms with Gasteiger partial charge in [-0.05, 0) is 29.8 Å². The minimum atomic E-state index is -0.271. The van der Waals surface area contributed by atoms with E-state index in [1.165, 1.54) is 12.0 Å². The van der Waals surface area contributed by atoms with Crippen LogP contribution in [-0.2, 0) is 11.3 Å². The van der Waals surface area contributed by atoms with Crippen molar-refractivity contribution < 1.29 is 14.3 Å². The Morgan fingerprint density at radius 3 is 2.78 bits per heavy atom. The zero-order valence-corrected chi connectivity index (χ0v) is 13.3. The van der Waals surface area contributed by atoms with Crippen molar-refractivity contribution in [2.24, 2.45) is 0 Å². The molecule has 0 fully saturated rings. The lowest BCUT2D eigenvalue weighted by molar-refractivity contribution is -0.116. The number of ether oxygens (including phenoxy) is 1. The van der Waals surface area contributed by atoms with E-state index in [1.807, 2.05) is 18.2 Å². The van der Waals surface area contributed by atoms with Gasteiger partial charge in [-0.15, -0.1) is 0 Å². The van der Waals surface area contributed by atoms with Gasteiger partial charge in [0.15, 0.2) is 0 Å². The Kier molecular flexibility index (Phi) is 4.21. The van der Waals surface area contributed by atoms with Gasteiger partial charge in [-0.2, -0.15) is 0 Å². The molecule has 5 nitrogen and oxygen atoms in total. The largest absolute Gasteiger partial charge is 0.495 e. The monoisotopic (exact) mass is 330 g/mol. The van der Waals surface area contributed by atoms with Gasteiger partial charge < -0.3 is 15.0 Å². The Bertz CT molecular complexity index is 776. The zero-order valence-electron chi connectivity index (χ0n) is 12.5. The number of benzene rings is 2. The van der Waals surface area contributed by atoms with Crippen molar-refractivity contribution in [2.75, 3.05) is 19.0 Å². The summed E-state index contributed by atoms with van der Waals surface area (Å²) in [5.74, 6) is 0.144. The van der Waals surface area contributed by atoms with Gasteiger partial charge in [-0.25, -0.2) is 0 Å². The van der Waals surface area contributed by atoms with Gasteiger partial charge in [0.1, 0.15) is 12.3 Å². The van der Waals surface area contributed by atoms with E-state index >= 15 is 0 Å². The third-order valence-electron chi connectivity index (χ3n) is 3.67. The number of nitrogens with zero attached hydrogens (tertiary/aromatic N) is 1. The predicted octanol–water partition coefficient (Wildman–Crippen LogP) is 2.94. The fourth-order valence-electron chi connectivity index (χ4n) is 2.56. The first-order chi connectivity index (χ1) is 11.1. The Labute approximate surface area is 138 Å². The van der Waals surface area contributed by atoms with Crippen LogP contribution in [0.5, 0.6) is 5.75 Å². The molecule has 3 rings (SSSR count). The van der Waals surface area contributed by atoms with Gasteiger partial charge in [-0.3, -0.25) is 9.59 Å². The lowest BCUT2D eigenvalue weighted by atomic mass is 10.1. The fraction of sp³-hybridized carbons (Fsp3) is 0.176. The molecule has 1 aliphatic heterocycles. The third kappa shape index (κ3) is 3.14. The minimum absolute atomic E-state index is 0.00282. The van der Waals surface area contributed by atoms with Crippen molar-refractivity contribution in [2.45, 2.75) is 6.54 Å². The van der Waals surface area contributed by atoms with Gasteiger partial charge >= 0.3 is 0 Å². The van der Waals surface area contributed by atoms with Crippen molar-refractivity contribution in [1.82, 2.24) is 4.90 Å². The number of fused-ring (bicyclic) bond motifs is 1. The van der Waals surface area contributed by atoms with Crippen molar-refractivity contribution >= 4 is 29.1 Å². The highest BCUT2D eigenvalue weighted by atomic mass is 35.5. The van der Waals surface area contributed by atoms with Gasteiger partial charge in [0.2, 0.25) is 5.91 Å². The standard InChI is InChI=1S/C17H15ClN2O3/c1-23-15-7-6-12(8-14(15)18)19-16(21)10-20-9-11-4-2-3-5-13(11)17(20)22/h2-8H,9-10H2,1H3,(H,19,21). The van der Waals surface area contributed by atoms with Crippen LogP contribution in [0.25, 0.3) is 0 Å². The van der Waals surface area contributed by atoms with Gasteiger partial charge in [0, 0.05) is 17.8 Å². The summed E-state index contributed by atoms with van der Waals surface area (Å²) < 4.78 is 5.06. The molecule has 0 radical (unpaired) electrons. The quantitative estimate of drug-likeness (QED) is 0.937. The lowest BCUT2D eigenvalue weighted by Crippen LogP contribution is -2.33. The SMILES string of the molecule is COc1ccc(NC(=O)CN2Cc3ccccc3C2=O)cc1Cl. The number of amides is 2. The molecule has 0 aromatic heterocycles. The molecule has 0 saturated heterocycles. The number of nitrogens with one attached hydrogen (secondary N) is 1. The molecule has 2 aromatic carbocycles. The second-order valence-electron chi connectivity index (χ2n) is 5.22. The van der Waals surface area contributed by atoms with Crippen LogP contribution in [0.2, 0.25) is 5.02 Å². The van der Waals surface area contributed by atoms with Crippen LogP contribution >= 0.6 is 11.6 Å². The second kappa shape index (κ2) is 6.30. The van der Waals surface area contributed by atoms with Gasteiger partial charge in [-0.1, -0.05) is 29.8 Å². The molecule has 1 aliphatic rings. The summed E-state index contributed by atoms with van der Waals surface area (Å²) in [4.78, 5) is 25.9. The molecule has 0 saturated carbocycles. The number of hydrogen-bond donors (Lipinski definition) is 1. The topological polar surface area (TPSA) is 58.6 Å². The van der Waals surface area contributed by atoms with E-state index in [9.17, 15) is 9.59 Å². The van der Waals surface area contributed by atoms with Crippen LogP contribution in [0.4, 0.5) is 5.69 Å². The average molecular weight is 331 g/mol. The van der Waals surface area contributed by atoms with Crippen LogP contribution in [0.1, 0.15) is 15.9 Å². The molecular formula is C17H15ClN2O3. The normalized spacial score (nSPS) is 13.0. The molecule has 0 spiro atoms. The molecule has 1 heterocycles. The van der Waals surface area contributed by atoms with Crippen LogP contribution in [0.15, 0.2) is 42.5 Å². The molecule has 0 aliphatic carbocycles. The van der Waals surface area contributed by atoms with Gasteiger partial charge in [0.25, 0.3) is 5.91 Å². The number of hydrogen-bond acceptors (Lipinski definition) is 3. The summed E-state index contributed by atoms with van der Waals surface area (Å²) >= 11 is 6.03. The third-order valence-corrected chi connectivity index (χ3v) is 3.96. The summed E-state index contributed by atoms with van der Waals surface area (Å²) in [5.41, 5.74) is 2.16. The van der Waals surface area contributed by atoms with E-state index < -0.39 is 0 Å². The van der Waals surface area contributed by atoms with Crippen molar-refractivity contribution in [3.05, 3.63) is 58.6 Å². The number of methoxy groups -OCH3 is 1. The first-order valence-electron chi connectivity index (χ1n) is 7.09. The highest BCUT2D eigenvalue weighted by Gasteiger charge is 2.28. The zero-order chi connectivity index (χ0) is 16.4. The van der Waals surface area contributed by atoms with Crippen molar-refractivity contribution in [1.29, 1.82) is 0 Å². The fourth-order valence-corrected chi connectivity index (χ4v) is 2.82. The van der Waals surface area contributed by atoms with Crippen molar-refractivity contribution in [3.63, 3.8) is 0 Å². The maximum atomic E-state index is 12.2. The maximum Gasteiger partial charge on any atom is 0.254 e. The van der Waals surface area contributed by atoms with E-state index in [0.29, 0.717) is 28.6 Å². The highest BCUT2D eigenvalue weighted by molar-refractivity contribution is 6.32. The average Bonchev–Trinajstić information content (AvgIpc) is 2.84. The lowest BCUT2D eigenvalue weighted by Gasteiger charge is -2.15. The van der Waals surface area contributed by atoms with E-state index in [1.54, 1.807) is 24.3 Å². The summed E-state index contributed by atoms with van der Waals surface area (Å²) in [6.45, 7) is 0.447. The van der Waals surface area contributed by atoms with Crippen LogP contribution in [0, 0.1) is 0 Å². The number of carbonyl (C=O) groups excluding carboxylic acids is 2. The molecule has 0 atom stereocenters. The van der Waals surface area contributed by atoms with Crippen LogP contribution < -0.4 is 10.1 Å². The highest BCUT2D eigenvalue weighted by Crippen LogP contribution is 2.27. The molecular weight excluding hydrogens is 316 g/mol. The van der Waals surface area contributed by atoms with E-state index in [-0.39, 0.29) is 18.4 Å². The molecule has 6 heteroatoms. The van der Waals surface area contributed by atoms with Crippen molar-refractivity contribution in [3.8, 4) is 5.75 Å². The summed E-state index contributed by atoms with van der Waals surface area (Å²) in [6.07, 6.45) is 0. The number of anilines is 1. The summed E-state index contributed by atoms with van der Waals surface area (Å²) in [5, 5.41) is 3.15. The molecule has 118 valence electrons. The minimum Gasteiger partial charge on any atom is -0.495 e. The first-order valence-corrected chi connectivity index (χ1v) is 7.47. The second-order valence-corrected chi connectivity index (χ2v) is 5.62.